The number of ketones is 1. The van der Waals surface area contributed by atoms with Crippen molar-refractivity contribution in [3.05, 3.63) is 29.3 Å². The number of aromatic hydroxyl groups is 1. The van der Waals surface area contributed by atoms with Crippen LogP contribution in [0.15, 0.2) is 18.2 Å². The molecule has 112 valence electrons. The van der Waals surface area contributed by atoms with Crippen molar-refractivity contribution in [1.29, 1.82) is 0 Å². The molecule has 0 aromatic heterocycles. The fourth-order valence-electron chi connectivity index (χ4n) is 5.36. The summed E-state index contributed by atoms with van der Waals surface area (Å²) in [5, 5.41) is 20.0. The third kappa shape index (κ3) is 1.73. The average molecular weight is 286 g/mol. The molecule has 1 aromatic rings. The summed E-state index contributed by atoms with van der Waals surface area (Å²) in [7, 11) is 0. The minimum atomic E-state index is -0.325. The van der Waals surface area contributed by atoms with Gasteiger partial charge in [-0.2, -0.15) is 0 Å². The molecule has 3 aliphatic carbocycles. The van der Waals surface area contributed by atoms with Gasteiger partial charge in [0.05, 0.1) is 6.10 Å². The van der Waals surface area contributed by atoms with Crippen molar-refractivity contribution < 1.29 is 15.0 Å². The maximum Gasteiger partial charge on any atom is 0.141 e. The van der Waals surface area contributed by atoms with E-state index in [0.29, 0.717) is 18.3 Å². The Morgan fingerprint density at radius 1 is 1.24 bits per heavy atom. The lowest BCUT2D eigenvalue weighted by Gasteiger charge is -2.49. The largest absolute Gasteiger partial charge is 0.508 e. The first-order valence-electron chi connectivity index (χ1n) is 8.03. The molecule has 4 rings (SSSR count). The van der Waals surface area contributed by atoms with E-state index in [1.54, 1.807) is 6.07 Å². The van der Waals surface area contributed by atoms with Crippen LogP contribution in [0.1, 0.15) is 49.7 Å². The quantitative estimate of drug-likeness (QED) is 0.771. The van der Waals surface area contributed by atoms with Crippen molar-refractivity contribution >= 4 is 5.78 Å². The van der Waals surface area contributed by atoms with Crippen LogP contribution in [0.25, 0.3) is 0 Å². The third-order valence-electron chi connectivity index (χ3n) is 6.42. The number of benzene rings is 1. The molecule has 0 amide bonds. The molecule has 3 nitrogen and oxygen atoms in total. The van der Waals surface area contributed by atoms with Gasteiger partial charge in [-0.3, -0.25) is 4.79 Å². The van der Waals surface area contributed by atoms with Crippen LogP contribution in [-0.4, -0.2) is 22.1 Å². The smallest absolute Gasteiger partial charge is 0.141 e. The molecule has 5 atom stereocenters. The molecule has 21 heavy (non-hydrogen) atoms. The average Bonchev–Trinajstić information content (AvgIpc) is 2.74. The van der Waals surface area contributed by atoms with E-state index >= 15 is 0 Å². The Bertz CT molecular complexity index is 608. The molecule has 0 spiro atoms. The number of carbonyl (C=O) groups excluding carboxylic acids is 1. The zero-order valence-electron chi connectivity index (χ0n) is 12.4. The number of carbonyl (C=O) groups is 1. The van der Waals surface area contributed by atoms with Crippen molar-refractivity contribution in [2.75, 3.05) is 0 Å². The summed E-state index contributed by atoms with van der Waals surface area (Å²) >= 11 is 0. The van der Waals surface area contributed by atoms with Gasteiger partial charge in [0.1, 0.15) is 11.5 Å². The van der Waals surface area contributed by atoms with Crippen LogP contribution in [0.2, 0.25) is 0 Å². The summed E-state index contributed by atoms with van der Waals surface area (Å²) < 4.78 is 0. The minimum absolute atomic E-state index is 0.0160. The van der Waals surface area contributed by atoms with Gasteiger partial charge < -0.3 is 10.2 Å². The second-order valence-electron chi connectivity index (χ2n) is 7.41. The number of rotatable bonds is 0. The van der Waals surface area contributed by atoms with Crippen molar-refractivity contribution in [3.63, 3.8) is 0 Å². The van der Waals surface area contributed by atoms with Crippen LogP contribution in [0.4, 0.5) is 0 Å². The van der Waals surface area contributed by atoms with Gasteiger partial charge in [0.2, 0.25) is 0 Å². The molecular formula is C18H22O3. The second-order valence-corrected chi connectivity index (χ2v) is 7.41. The zero-order chi connectivity index (χ0) is 14.8. The van der Waals surface area contributed by atoms with Crippen LogP contribution in [0.5, 0.6) is 5.75 Å². The Balaban J connectivity index is 1.78. The summed E-state index contributed by atoms with van der Waals surface area (Å²) in [5.41, 5.74) is 2.04. The van der Waals surface area contributed by atoms with Crippen LogP contribution in [0.3, 0.4) is 0 Å². The first-order valence-corrected chi connectivity index (χ1v) is 8.03. The van der Waals surface area contributed by atoms with Crippen LogP contribution in [0, 0.1) is 17.3 Å². The highest BCUT2D eigenvalue weighted by molar-refractivity contribution is 5.88. The Kier molecular flexibility index (Phi) is 2.74. The molecule has 0 saturated heterocycles. The number of aliphatic hydroxyl groups excluding tert-OH is 1. The number of fused-ring (bicyclic) bond motifs is 5. The van der Waals surface area contributed by atoms with Crippen molar-refractivity contribution in [2.24, 2.45) is 17.3 Å². The van der Waals surface area contributed by atoms with Gasteiger partial charge in [-0.05, 0) is 60.8 Å². The van der Waals surface area contributed by atoms with Gasteiger partial charge in [-0.25, -0.2) is 0 Å². The fraction of sp³-hybridized carbons (Fsp3) is 0.611. The van der Waals surface area contributed by atoms with E-state index in [9.17, 15) is 15.0 Å². The number of aliphatic hydroxyl groups is 1. The Morgan fingerprint density at radius 2 is 2.05 bits per heavy atom. The number of phenolic OH excluding ortho intramolecular Hbond substituents is 1. The van der Waals surface area contributed by atoms with Crippen LogP contribution in [-0.2, 0) is 11.2 Å². The van der Waals surface area contributed by atoms with Gasteiger partial charge in [-0.1, -0.05) is 13.0 Å². The fourth-order valence-corrected chi connectivity index (χ4v) is 5.36. The zero-order valence-corrected chi connectivity index (χ0v) is 12.4. The Hall–Kier alpha value is -1.35. The predicted octanol–water partition coefficient (Wildman–Crippen LogP) is 2.79. The topological polar surface area (TPSA) is 57.5 Å². The van der Waals surface area contributed by atoms with E-state index in [4.69, 9.17) is 0 Å². The van der Waals surface area contributed by atoms with Crippen molar-refractivity contribution in [2.45, 2.75) is 51.0 Å². The van der Waals surface area contributed by atoms with Crippen LogP contribution >= 0.6 is 0 Å². The highest BCUT2D eigenvalue weighted by Crippen LogP contribution is 2.59. The van der Waals surface area contributed by atoms with E-state index in [-0.39, 0.29) is 29.0 Å². The molecule has 0 heterocycles. The first-order chi connectivity index (χ1) is 10.0. The van der Waals surface area contributed by atoms with Gasteiger partial charge in [-0.15, -0.1) is 0 Å². The van der Waals surface area contributed by atoms with E-state index in [1.165, 1.54) is 0 Å². The predicted molar refractivity (Wildman–Crippen MR) is 79.1 cm³/mol. The van der Waals surface area contributed by atoms with E-state index < -0.39 is 0 Å². The highest BCUT2D eigenvalue weighted by Gasteiger charge is 2.57. The van der Waals surface area contributed by atoms with E-state index in [1.807, 2.05) is 12.1 Å². The van der Waals surface area contributed by atoms with E-state index in [2.05, 4.69) is 6.92 Å². The van der Waals surface area contributed by atoms with Gasteiger partial charge in [0.25, 0.3) is 0 Å². The van der Waals surface area contributed by atoms with Gasteiger partial charge >= 0.3 is 0 Å². The lowest BCUT2D eigenvalue weighted by molar-refractivity contribution is -0.134. The molecule has 2 N–H and O–H groups in total. The lowest BCUT2D eigenvalue weighted by Crippen LogP contribution is -2.48. The molecule has 3 aliphatic rings. The second kappa shape index (κ2) is 4.33. The normalized spacial score (nSPS) is 41.3. The molecule has 0 aliphatic heterocycles. The Labute approximate surface area is 125 Å². The molecular weight excluding hydrogens is 264 g/mol. The summed E-state index contributed by atoms with van der Waals surface area (Å²) in [6.45, 7) is 2.11. The van der Waals surface area contributed by atoms with Crippen LogP contribution < -0.4 is 0 Å². The number of aryl methyl sites for hydroxylation is 1. The number of hydrogen-bond acceptors (Lipinski definition) is 3. The maximum absolute atomic E-state index is 12.8. The molecule has 0 bridgehead atoms. The molecule has 1 aromatic carbocycles. The summed E-state index contributed by atoms with van der Waals surface area (Å²) in [6, 6.07) is 5.45. The Morgan fingerprint density at radius 3 is 2.86 bits per heavy atom. The number of phenols is 1. The monoisotopic (exact) mass is 286 g/mol. The molecule has 0 unspecified atom stereocenters. The SMILES string of the molecule is C[C@]12CC(=O)[C@@H]3c4ccc(O)cc4CC[C@H]3[C@@H]1CC[C@@H]2O. The number of Topliss-reactive ketones (excluding diaryl/α,β-unsaturated/α-hetero) is 1. The molecule has 2 saturated carbocycles. The maximum atomic E-state index is 12.8. The van der Waals surface area contributed by atoms with Gasteiger partial charge in [0, 0.05) is 17.8 Å². The summed E-state index contributed by atoms with van der Waals surface area (Å²) in [4.78, 5) is 12.8. The lowest BCUT2D eigenvalue weighted by atomic mass is 9.55. The summed E-state index contributed by atoms with van der Waals surface area (Å²) in [5.74, 6) is 1.38. The molecule has 0 radical (unpaired) electrons. The number of hydrogen-bond donors (Lipinski definition) is 2. The highest BCUT2D eigenvalue weighted by atomic mass is 16.3. The first kappa shape index (κ1) is 13.3. The van der Waals surface area contributed by atoms with E-state index in [0.717, 1.165) is 36.8 Å². The standard InChI is InChI=1S/C18H22O3/c1-18-9-15(20)17-12-5-3-11(19)8-10(12)2-4-13(17)14(18)6-7-16(18)21/h3,5,8,13-14,16-17,19,21H,2,4,6-7,9H2,1H3/t13-,14-,16-,17+,18-/m0/s1. The third-order valence-corrected chi connectivity index (χ3v) is 6.42. The summed E-state index contributed by atoms with van der Waals surface area (Å²) in [6.07, 6.45) is 3.98. The van der Waals surface area contributed by atoms with Gasteiger partial charge in [0.15, 0.2) is 0 Å². The minimum Gasteiger partial charge on any atom is -0.508 e. The molecule has 2 fully saturated rings. The van der Waals surface area contributed by atoms with Crippen molar-refractivity contribution in [3.8, 4) is 5.75 Å². The molecule has 3 heteroatoms. The van der Waals surface area contributed by atoms with Crippen molar-refractivity contribution in [1.82, 2.24) is 0 Å².